The Kier molecular flexibility index (Phi) is 4.21. The summed E-state index contributed by atoms with van der Waals surface area (Å²) in [5.41, 5.74) is 4.20. The third-order valence-electron chi connectivity index (χ3n) is 5.05. The Hall–Kier alpha value is -3.07. The number of benzene rings is 3. The molecule has 4 rings (SSSR count). The maximum Gasteiger partial charge on any atom is 0.319 e. The van der Waals surface area contributed by atoms with Crippen LogP contribution in [0, 0.1) is 6.92 Å². The second-order valence-corrected chi connectivity index (χ2v) is 6.54. The quantitative estimate of drug-likeness (QED) is 0.504. The van der Waals surface area contributed by atoms with E-state index in [1.807, 2.05) is 79.7 Å². The van der Waals surface area contributed by atoms with Crippen LogP contribution in [-0.4, -0.2) is 13.1 Å². The molecule has 0 saturated carbocycles. The molecular formula is C23H20O3. The zero-order valence-electron chi connectivity index (χ0n) is 14.8. The maximum atomic E-state index is 13.0. The van der Waals surface area contributed by atoms with E-state index in [1.54, 1.807) is 7.11 Å². The molecule has 0 bridgehead atoms. The van der Waals surface area contributed by atoms with Crippen LogP contribution >= 0.6 is 0 Å². The van der Waals surface area contributed by atoms with Gasteiger partial charge in [0, 0.05) is 11.5 Å². The molecule has 3 heteroatoms. The molecule has 0 amide bonds. The number of esters is 1. The zero-order valence-corrected chi connectivity index (χ0v) is 14.8. The van der Waals surface area contributed by atoms with E-state index in [0.29, 0.717) is 5.75 Å². The summed E-state index contributed by atoms with van der Waals surface area (Å²) in [7, 11) is 1.65. The molecule has 1 aliphatic heterocycles. The van der Waals surface area contributed by atoms with Crippen molar-refractivity contribution in [2.75, 3.05) is 7.11 Å². The van der Waals surface area contributed by atoms with Crippen molar-refractivity contribution in [2.45, 2.75) is 18.8 Å². The van der Waals surface area contributed by atoms with Gasteiger partial charge in [0.15, 0.2) is 0 Å². The lowest BCUT2D eigenvalue weighted by molar-refractivity contribution is -0.137. The van der Waals surface area contributed by atoms with Gasteiger partial charge in [-0.15, -0.1) is 0 Å². The highest BCUT2D eigenvalue weighted by Gasteiger charge is 2.40. The molecule has 1 heterocycles. The predicted molar refractivity (Wildman–Crippen MR) is 101 cm³/mol. The zero-order chi connectivity index (χ0) is 18.1. The van der Waals surface area contributed by atoms with Gasteiger partial charge in [0.1, 0.15) is 11.5 Å². The lowest BCUT2D eigenvalue weighted by atomic mass is 9.74. The van der Waals surface area contributed by atoms with E-state index in [9.17, 15) is 4.79 Å². The second kappa shape index (κ2) is 6.68. The highest BCUT2D eigenvalue weighted by Crippen LogP contribution is 2.47. The van der Waals surface area contributed by atoms with Crippen molar-refractivity contribution in [3.05, 3.63) is 95.1 Å². The van der Waals surface area contributed by atoms with Crippen LogP contribution in [0.4, 0.5) is 0 Å². The number of fused-ring (bicyclic) bond motifs is 1. The summed E-state index contributed by atoms with van der Waals surface area (Å²) >= 11 is 0. The molecule has 130 valence electrons. The Morgan fingerprint density at radius 1 is 0.808 bits per heavy atom. The van der Waals surface area contributed by atoms with Gasteiger partial charge >= 0.3 is 5.97 Å². The minimum Gasteiger partial charge on any atom is -0.497 e. The first-order valence-corrected chi connectivity index (χ1v) is 8.69. The van der Waals surface area contributed by atoms with Gasteiger partial charge in [-0.25, -0.2) is 0 Å². The van der Waals surface area contributed by atoms with Crippen LogP contribution in [0.15, 0.2) is 72.8 Å². The van der Waals surface area contributed by atoms with Gasteiger partial charge in [-0.3, -0.25) is 4.79 Å². The van der Waals surface area contributed by atoms with E-state index in [4.69, 9.17) is 9.47 Å². The van der Waals surface area contributed by atoms with Crippen molar-refractivity contribution in [3.63, 3.8) is 0 Å². The lowest BCUT2D eigenvalue weighted by Crippen LogP contribution is -2.31. The molecule has 0 saturated heterocycles. The van der Waals surface area contributed by atoms with Gasteiger partial charge in [0.2, 0.25) is 0 Å². The summed E-state index contributed by atoms with van der Waals surface area (Å²) in [4.78, 5) is 13.0. The fourth-order valence-electron chi connectivity index (χ4n) is 3.74. The van der Waals surface area contributed by atoms with E-state index in [0.717, 1.165) is 28.0 Å². The molecule has 0 unspecified atom stereocenters. The smallest absolute Gasteiger partial charge is 0.319 e. The molecule has 0 aliphatic carbocycles. The van der Waals surface area contributed by atoms with Gasteiger partial charge in [-0.2, -0.15) is 0 Å². The Bertz CT molecular complexity index is 944. The number of carbonyl (C=O) groups excluding carboxylic acids is 1. The molecule has 3 aromatic rings. The molecule has 0 radical (unpaired) electrons. The fraction of sp³-hybridized carbons (Fsp3) is 0.174. The predicted octanol–water partition coefficient (Wildman–Crippen LogP) is 4.84. The molecule has 3 nitrogen and oxygen atoms in total. The molecule has 26 heavy (non-hydrogen) atoms. The summed E-state index contributed by atoms with van der Waals surface area (Å²) < 4.78 is 11.0. The number of hydrogen-bond donors (Lipinski definition) is 0. The normalized spacial score (nSPS) is 18.8. The number of rotatable bonds is 3. The van der Waals surface area contributed by atoms with Crippen LogP contribution in [0.5, 0.6) is 11.5 Å². The fourth-order valence-corrected chi connectivity index (χ4v) is 3.74. The SMILES string of the molecule is COc1ccc([C@@H]2c3ccccc3OC(=O)[C@@H]2c2ccccc2C)cc1. The Morgan fingerprint density at radius 3 is 2.15 bits per heavy atom. The van der Waals surface area contributed by atoms with Crippen molar-refractivity contribution in [2.24, 2.45) is 0 Å². The monoisotopic (exact) mass is 344 g/mol. The summed E-state index contributed by atoms with van der Waals surface area (Å²) in [6.07, 6.45) is 0. The molecule has 0 spiro atoms. The first-order valence-electron chi connectivity index (χ1n) is 8.69. The van der Waals surface area contributed by atoms with E-state index in [2.05, 4.69) is 0 Å². The number of methoxy groups -OCH3 is 1. The van der Waals surface area contributed by atoms with E-state index >= 15 is 0 Å². The van der Waals surface area contributed by atoms with Crippen molar-refractivity contribution >= 4 is 5.97 Å². The third kappa shape index (κ3) is 2.76. The van der Waals surface area contributed by atoms with Gasteiger partial charge in [-0.05, 0) is 41.8 Å². The molecule has 1 aliphatic rings. The van der Waals surface area contributed by atoms with Crippen molar-refractivity contribution in [1.29, 1.82) is 0 Å². The average molecular weight is 344 g/mol. The summed E-state index contributed by atoms with van der Waals surface area (Å²) in [6.45, 7) is 2.04. The Labute approximate surface area is 153 Å². The van der Waals surface area contributed by atoms with E-state index in [1.165, 1.54) is 0 Å². The molecule has 3 aromatic carbocycles. The Balaban J connectivity index is 1.91. The van der Waals surface area contributed by atoms with E-state index in [-0.39, 0.29) is 17.8 Å². The number of para-hydroxylation sites is 1. The largest absolute Gasteiger partial charge is 0.497 e. The average Bonchev–Trinajstić information content (AvgIpc) is 2.68. The first kappa shape index (κ1) is 16.4. The van der Waals surface area contributed by atoms with Crippen molar-refractivity contribution in [3.8, 4) is 11.5 Å². The number of aryl methyl sites for hydroxylation is 1. The van der Waals surface area contributed by atoms with Gasteiger partial charge in [0.05, 0.1) is 13.0 Å². The minimum absolute atomic E-state index is 0.0977. The summed E-state index contributed by atoms with van der Waals surface area (Å²) in [5, 5.41) is 0. The van der Waals surface area contributed by atoms with Crippen molar-refractivity contribution in [1.82, 2.24) is 0 Å². The van der Waals surface area contributed by atoms with Crippen LogP contribution in [-0.2, 0) is 4.79 Å². The topological polar surface area (TPSA) is 35.5 Å². The lowest BCUT2D eigenvalue weighted by Gasteiger charge is -2.33. The summed E-state index contributed by atoms with van der Waals surface area (Å²) in [6, 6.07) is 23.7. The molecule has 2 atom stereocenters. The standard InChI is InChI=1S/C23H20O3/c1-15-7-3-4-8-18(15)22-21(16-11-13-17(25-2)14-12-16)19-9-5-6-10-20(19)26-23(22)24/h3-14,21-22H,1-2H3/t21-,22-/m1/s1. The van der Waals surface area contributed by atoms with Crippen molar-refractivity contribution < 1.29 is 14.3 Å². The van der Waals surface area contributed by atoms with Crippen LogP contribution in [0.3, 0.4) is 0 Å². The minimum atomic E-state index is -0.375. The highest BCUT2D eigenvalue weighted by molar-refractivity contribution is 5.85. The number of hydrogen-bond acceptors (Lipinski definition) is 3. The van der Waals surface area contributed by atoms with Crippen LogP contribution in [0.25, 0.3) is 0 Å². The van der Waals surface area contributed by atoms with Gasteiger partial charge < -0.3 is 9.47 Å². The number of ether oxygens (including phenoxy) is 2. The van der Waals surface area contributed by atoms with Gasteiger partial charge in [-0.1, -0.05) is 54.6 Å². The Morgan fingerprint density at radius 2 is 1.46 bits per heavy atom. The highest BCUT2D eigenvalue weighted by atomic mass is 16.5. The van der Waals surface area contributed by atoms with Crippen LogP contribution in [0.1, 0.15) is 34.1 Å². The first-order chi connectivity index (χ1) is 12.7. The number of carbonyl (C=O) groups is 1. The molecular weight excluding hydrogens is 324 g/mol. The van der Waals surface area contributed by atoms with Crippen LogP contribution in [0.2, 0.25) is 0 Å². The maximum absolute atomic E-state index is 13.0. The summed E-state index contributed by atoms with van der Waals surface area (Å²) in [5.74, 6) is 0.758. The second-order valence-electron chi connectivity index (χ2n) is 6.54. The molecule has 0 aromatic heterocycles. The van der Waals surface area contributed by atoms with E-state index < -0.39 is 0 Å². The van der Waals surface area contributed by atoms with Crippen LogP contribution < -0.4 is 9.47 Å². The third-order valence-corrected chi connectivity index (χ3v) is 5.05. The molecule has 0 N–H and O–H groups in total. The molecule has 0 fully saturated rings. The van der Waals surface area contributed by atoms with Gasteiger partial charge in [0.25, 0.3) is 0 Å².